The van der Waals surface area contributed by atoms with Gasteiger partial charge in [-0.25, -0.2) is 0 Å². The van der Waals surface area contributed by atoms with Crippen molar-refractivity contribution in [2.45, 2.75) is 58.8 Å². The standard InChI is InChI=1S/C27H29NO2/c1-26-11-9-21(29)15-20(26)7-8-22-23(26)10-12-27(2)24(22)14-19(25(27)30)13-17-3-5-18(16-28)6-4-17/h3-6,13,15,22-24H,7-12,14H2,1-2H3/b19-13+/t22-,23+,24+,26+,27+/m1/s1. The van der Waals surface area contributed by atoms with Crippen molar-refractivity contribution >= 4 is 17.6 Å². The van der Waals surface area contributed by atoms with Gasteiger partial charge in [-0.3, -0.25) is 9.59 Å². The number of hydrogen-bond donors (Lipinski definition) is 0. The van der Waals surface area contributed by atoms with Crippen molar-refractivity contribution < 1.29 is 9.59 Å². The van der Waals surface area contributed by atoms with Gasteiger partial charge in [0.05, 0.1) is 11.6 Å². The summed E-state index contributed by atoms with van der Waals surface area (Å²) in [4.78, 5) is 25.5. The molecule has 0 bridgehead atoms. The van der Waals surface area contributed by atoms with Gasteiger partial charge in [-0.05, 0) is 97.1 Å². The Morgan fingerprint density at radius 1 is 1.00 bits per heavy atom. The molecule has 5 atom stereocenters. The molecule has 0 radical (unpaired) electrons. The Morgan fingerprint density at radius 3 is 2.50 bits per heavy atom. The van der Waals surface area contributed by atoms with E-state index in [2.05, 4.69) is 26.0 Å². The average molecular weight is 400 g/mol. The van der Waals surface area contributed by atoms with Crippen LogP contribution in [0.3, 0.4) is 0 Å². The predicted octanol–water partition coefficient (Wildman–Crippen LogP) is 5.65. The zero-order valence-electron chi connectivity index (χ0n) is 17.9. The molecule has 30 heavy (non-hydrogen) atoms. The summed E-state index contributed by atoms with van der Waals surface area (Å²) >= 11 is 0. The number of carbonyl (C=O) groups is 2. The third-order valence-electron chi connectivity index (χ3n) is 8.98. The normalized spacial score (nSPS) is 39.0. The van der Waals surface area contributed by atoms with Gasteiger partial charge < -0.3 is 0 Å². The highest BCUT2D eigenvalue weighted by Crippen LogP contribution is 2.65. The fraction of sp³-hybridized carbons (Fsp3) is 0.519. The summed E-state index contributed by atoms with van der Waals surface area (Å²) in [6, 6.07) is 9.65. The summed E-state index contributed by atoms with van der Waals surface area (Å²) < 4.78 is 0. The average Bonchev–Trinajstić information content (AvgIpc) is 3.00. The van der Waals surface area contributed by atoms with Gasteiger partial charge in [0.1, 0.15) is 0 Å². The lowest BCUT2D eigenvalue weighted by molar-refractivity contribution is -0.130. The van der Waals surface area contributed by atoms with E-state index in [1.54, 1.807) is 0 Å². The third kappa shape index (κ3) is 2.77. The molecule has 1 aromatic carbocycles. The van der Waals surface area contributed by atoms with Crippen molar-refractivity contribution in [1.82, 2.24) is 0 Å². The zero-order valence-corrected chi connectivity index (χ0v) is 17.9. The number of allylic oxidation sites excluding steroid dienone is 2. The maximum absolute atomic E-state index is 13.5. The second-order valence-electron chi connectivity index (χ2n) is 10.4. The maximum atomic E-state index is 13.5. The molecule has 0 saturated heterocycles. The molecule has 3 nitrogen and oxygen atoms in total. The lowest BCUT2D eigenvalue weighted by atomic mass is 9.47. The fourth-order valence-corrected chi connectivity index (χ4v) is 7.21. The van der Waals surface area contributed by atoms with Gasteiger partial charge in [0.2, 0.25) is 0 Å². The van der Waals surface area contributed by atoms with Crippen LogP contribution in [-0.4, -0.2) is 11.6 Å². The van der Waals surface area contributed by atoms with Crippen molar-refractivity contribution in [3.8, 4) is 6.07 Å². The maximum Gasteiger partial charge on any atom is 0.165 e. The minimum absolute atomic E-state index is 0.140. The number of fused-ring (bicyclic) bond motifs is 5. The molecule has 0 heterocycles. The first-order valence-corrected chi connectivity index (χ1v) is 11.3. The Hall–Kier alpha value is -2.47. The Kier molecular flexibility index (Phi) is 4.40. The molecule has 3 fully saturated rings. The number of rotatable bonds is 1. The summed E-state index contributed by atoms with van der Waals surface area (Å²) in [5.74, 6) is 2.19. The highest BCUT2D eigenvalue weighted by atomic mass is 16.1. The monoisotopic (exact) mass is 399 g/mol. The van der Waals surface area contributed by atoms with Crippen molar-refractivity contribution in [1.29, 1.82) is 5.26 Å². The van der Waals surface area contributed by atoms with E-state index in [0.29, 0.717) is 41.3 Å². The van der Waals surface area contributed by atoms with Crippen LogP contribution in [0.4, 0.5) is 0 Å². The molecular formula is C27H29NO2. The molecule has 3 saturated carbocycles. The highest BCUT2D eigenvalue weighted by Gasteiger charge is 2.60. The minimum Gasteiger partial charge on any atom is -0.295 e. The largest absolute Gasteiger partial charge is 0.295 e. The summed E-state index contributed by atoms with van der Waals surface area (Å²) in [5.41, 5.74) is 3.87. The summed E-state index contributed by atoms with van der Waals surface area (Å²) in [6.45, 7) is 4.59. The van der Waals surface area contributed by atoms with Crippen LogP contribution in [-0.2, 0) is 9.59 Å². The van der Waals surface area contributed by atoms with Crippen LogP contribution in [0.15, 0.2) is 41.5 Å². The zero-order chi connectivity index (χ0) is 21.1. The molecule has 0 N–H and O–H groups in total. The predicted molar refractivity (Wildman–Crippen MR) is 116 cm³/mol. The SMILES string of the molecule is C[C@]12CCC(=O)C=C1CC[C@@H]1[C@@H]2CC[C@]2(C)C(=O)/C(=C/c3ccc(C#N)cc3)C[C@@H]12. The Bertz CT molecular complexity index is 1020. The lowest BCUT2D eigenvalue weighted by Gasteiger charge is -2.56. The third-order valence-corrected chi connectivity index (χ3v) is 8.98. The van der Waals surface area contributed by atoms with Crippen LogP contribution in [0.2, 0.25) is 0 Å². The summed E-state index contributed by atoms with van der Waals surface area (Å²) in [7, 11) is 0. The van der Waals surface area contributed by atoms with Gasteiger partial charge >= 0.3 is 0 Å². The molecule has 0 spiro atoms. The number of benzene rings is 1. The number of nitriles is 1. The number of hydrogen-bond acceptors (Lipinski definition) is 3. The molecule has 0 amide bonds. The van der Waals surface area contributed by atoms with Gasteiger partial charge in [-0.15, -0.1) is 0 Å². The van der Waals surface area contributed by atoms with Crippen LogP contribution < -0.4 is 0 Å². The Balaban J connectivity index is 1.46. The number of carbonyl (C=O) groups excluding carboxylic acids is 2. The van der Waals surface area contributed by atoms with Gasteiger partial charge in [0, 0.05) is 11.8 Å². The topological polar surface area (TPSA) is 57.9 Å². The van der Waals surface area contributed by atoms with E-state index in [9.17, 15) is 9.59 Å². The second kappa shape index (κ2) is 6.77. The van der Waals surface area contributed by atoms with Crippen LogP contribution in [0.5, 0.6) is 0 Å². The van der Waals surface area contributed by atoms with Crippen molar-refractivity contribution in [3.63, 3.8) is 0 Å². The summed E-state index contributed by atoms with van der Waals surface area (Å²) in [5, 5.41) is 9.01. The number of nitrogens with zero attached hydrogens (tertiary/aromatic N) is 1. The number of Topliss-reactive ketones (excluding diaryl/α,β-unsaturated/α-hetero) is 1. The van der Waals surface area contributed by atoms with Gasteiger partial charge in [-0.1, -0.05) is 31.6 Å². The van der Waals surface area contributed by atoms with Crippen molar-refractivity contribution in [3.05, 3.63) is 52.6 Å². The van der Waals surface area contributed by atoms with Gasteiger partial charge in [0.25, 0.3) is 0 Å². The van der Waals surface area contributed by atoms with E-state index in [-0.39, 0.29) is 10.8 Å². The molecule has 0 unspecified atom stereocenters. The van der Waals surface area contributed by atoms with Crippen LogP contribution >= 0.6 is 0 Å². The first-order chi connectivity index (χ1) is 14.3. The summed E-state index contributed by atoms with van der Waals surface area (Å²) in [6.07, 6.45) is 10.7. The molecular weight excluding hydrogens is 370 g/mol. The molecule has 1 aromatic rings. The van der Waals surface area contributed by atoms with Crippen LogP contribution in [0.1, 0.15) is 69.9 Å². The van der Waals surface area contributed by atoms with Crippen molar-refractivity contribution in [2.75, 3.05) is 0 Å². The molecule has 5 rings (SSSR count). The lowest BCUT2D eigenvalue weighted by Crippen LogP contribution is -2.50. The first kappa shape index (κ1) is 19.5. The highest BCUT2D eigenvalue weighted by molar-refractivity contribution is 6.06. The van der Waals surface area contributed by atoms with E-state index in [4.69, 9.17) is 5.26 Å². The fourth-order valence-electron chi connectivity index (χ4n) is 7.21. The molecule has 3 heteroatoms. The minimum atomic E-state index is -0.248. The Morgan fingerprint density at radius 2 is 1.77 bits per heavy atom. The Labute approximate surface area is 178 Å². The van der Waals surface area contributed by atoms with E-state index < -0.39 is 0 Å². The van der Waals surface area contributed by atoms with E-state index in [1.165, 1.54) is 5.57 Å². The quantitative estimate of drug-likeness (QED) is 0.573. The second-order valence-corrected chi connectivity index (χ2v) is 10.4. The molecule has 0 aliphatic heterocycles. The van der Waals surface area contributed by atoms with Crippen molar-refractivity contribution in [2.24, 2.45) is 28.6 Å². The molecule has 154 valence electrons. The van der Waals surface area contributed by atoms with E-state index >= 15 is 0 Å². The molecule has 0 aromatic heterocycles. The van der Waals surface area contributed by atoms with Gasteiger partial charge in [0.15, 0.2) is 11.6 Å². The van der Waals surface area contributed by atoms with Crippen LogP contribution in [0, 0.1) is 39.9 Å². The first-order valence-electron chi connectivity index (χ1n) is 11.3. The van der Waals surface area contributed by atoms with E-state index in [0.717, 1.165) is 49.7 Å². The van der Waals surface area contributed by atoms with E-state index in [1.807, 2.05) is 30.3 Å². The van der Waals surface area contributed by atoms with Crippen LogP contribution in [0.25, 0.3) is 6.08 Å². The number of ketones is 2. The molecule has 4 aliphatic carbocycles. The molecule has 4 aliphatic rings. The smallest absolute Gasteiger partial charge is 0.165 e. The van der Waals surface area contributed by atoms with Gasteiger partial charge in [-0.2, -0.15) is 5.26 Å².